The van der Waals surface area contributed by atoms with Crippen LogP contribution in [0, 0.1) is 5.92 Å². The van der Waals surface area contributed by atoms with Gasteiger partial charge >= 0.3 is 0 Å². The lowest BCUT2D eigenvalue weighted by Gasteiger charge is -2.42. The highest BCUT2D eigenvalue weighted by Gasteiger charge is 2.29. The van der Waals surface area contributed by atoms with E-state index in [9.17, 15) is 0 Å². The highest BCUT2D eigenvalue weighted by molar-refractivity contribution is 8.03. The second kappa shape index (κ2) is 29.5. The van der Waals surface area contributed by atoms with Gasteiger partial charge in [0.2, 0.25) is 5.95 Å². The van der Waals surface area contributed by atoms with Gasteiger partial charge in [0, 0.05) is 82.1 Å². The molecule has 2 heterocycles. The first-order valence-electron chi connectivity index (χ1n) is 19.4. The van der Waals surface area contributed by atoms with Gasteiger partial charge in [-0.2, -0.15) is 0 Å². The molecule has 3 atom stereocenters. The van der Waals surface area contributed by atoms with Gasteiger partial charge in [0.25, 0.3) is 0 Å². The zero-order valence-corrected chi connectivity index (χ0v) is 34.4. The van der Waals surface area contributed by atoms with E-state index < -0.39 is 0 Å². The summed E-state index contributed by atoms with van der Waals surface area (Å²) >= 11 is 1.77. The van der Waals surface area contributed by atoms with Crippen molar-refractivity contribution in [2.45, 2.75) is 125 Å². The second-order valence-electron chi connectivity index (χ2n) is 11.2. The molecular weight excluding hydrogens is 629 g/mol. The molecule has 0 radical (unpaired) electrons. The number of nitrogens with zero attached hydrogens (tertiary/aromatic N) is 6. The van der Waals surface area contributed by atoms with Crippen LogP contribution in [-0.2, 0) is 15.9 Å². The van der Waals surface area contributed by atoms with Crippen LogP contribution in [0.25, 0.3) is 0 Å². The molecule has 49 heavy (non-hydrogen) atoms. The number of aromatic nitrogens is 2. The summed E-state index contributed by atoms with van der Waals surface area (Å²) in [6.07, 6.45) is 19.1. The third-order valence-electron chi connectivity index (χ3n) is 8.48. The minimum atomic E-state index is 0.0217. The maximum Gasteiger partial charge on any atom is 0.225 e. The average molecular weight is 703 g/mol. The fraction of sp³-hybridized carbons (Fsp3) is 0.725. The van der Waals surface area contributed by atoms with Crippen molar-refractivity contribution in [2.75, 3.05) is 64.9 Å². The van der Waals surface area contributed by atoms with Gasteiger partial charge in [0.1, 0.15) is 11.1 Å². The number of rotatable bonds is 16. The summed E-state index contributed by atoms with van der Waals surface area (Å²) in [7, 11) is 3.48. The Morgan fingerprint density at radius 1 is 1.00 bits per heavy atom. The van der Waals surface area contributed by atoms with Crippen LogP contribution in [0.15, 0.2) is 52.9 Å². The number of allylic oxidation sites excluding steroid dienone is 1. The molecule has 1 saturated carbocycles. The Hall–Kier alpha value is -2.20. The zero-order chi connectivity index (χ0) is 37.0. The lowest BCUT2D eigenvalue weighted by molar-refractivity contribution is 0.120. The normalized spacial score (nSPS) is 18.8. The predicted octanol–water partition coefficient (Wildman–Crippen LogP) is 9.30. The third kappa shape index (κ3) is 16.1. The van der Waals surface area contributed by atoms with Crippen LogP contribution in [0.1, 0.15) is 107 Å². The van der Waals surface area contributed by atoms with E-state index in [1.807, 2.05) is 87.0 Å². The first kappa shape index (κ1) is 46.8. The SMILES string of the molecule is C=CC(CN(CCC)CCc1cnc(N2CCN(C3CCC3)CC2)nc1)C(/N=C\C)SC1=C(OC)C=CC(OC)C1.CC.CC.CC.CC. The zero-order valence-electron chi connectivity index (χ0n) is 33.6. The van der Waals surface area contributed by atoms with Crippen LogP contribution in [0.3, 0.4) is 0 Å². The Labute approximate surface area is 306 Å². The smallest absolute Gasteiger partial charge is 0.225 e. The fourth-order valence-electron chi connectivity index (χ4n) is 5.77. The van der Waals surface area contributed by atoms with Crippen LogP contribution in [0.4, 0.5) is 5.95 Å². The Bertz CT molecular complexity index is 1040. The number of aliphatic imine (C=N–C) groups is 1. The molecule has 1 saturated heterocycles. The van der Waals surface area contributed by atoms with E-state index in [1.54, 1.807) is 26.0 Å². The molecular formula is C40H74N6O2S. The predicted molar refractivity (Wildman–Crippen MR) is 217 cm³/mol. The Balaban J connectivity index is 0.00000268. The molecule has 1 aliphatic heterocycles. The van der Waals surface area contributed by atoms with Gasteiger partial charge in [-0.25, -0.2) is 9.97 Å². The molecule has 2 aliphatic carbocycles. The fourth-order valence-corrected chi connectivity index (χ4v) is 7.14. The summed E-state index contributed by atoms with van der Waals surface area (Å²) in [6.45, 7) is 31.6. The van der Waals surface area contributed by atoms with E-state index in [1.165, 1.54) is 29.7 Å². The molecule has 0 aromatic carbocycles. The summed E-state index contributed by atoms with van der Waals surface area (Å²) in [4.78, 5) is 23.1. The molecule has 0 bridgehead atoms. The minimum Gasteiger partial charge on any atom is -0.496 e. The van der Waals surface area contributed by atoms with E-state index >= 15 is 0 Å². The number of piperazine rings is 1. The largest absolute Gasteiger partial charge is 0.496 e. The van der Waals surface area contributed by atoms with Gasteiger partial charge in [0.05, 0.1) is 13.2 Å². The van der Waals surface area contributed by atoms with E-state index in [-0.39, 0.29) is 17.4 Å². The van der Waals surface area contributed by atoms with E-state index in [4.69, 9.17) is 24.4 Å². The molecule has 9 heteroatoms. The van der Waals surface area contributed by atoms with Crippen molar-refractivity contribution in [1.29, 1.82) is 0 Å². The summed E-state index contributed by atoms with van der Waals surface area (Å²) in [6, 6.07) is 0.821. The van der Waals surface area contributed by atoms with Gasteiger partial charge in [-0.3, -0.25) is 9.89 Å². The monoisotopic (exact) mass is 703 g/mol. The van der Waals surface area contributed by atoms with Gasteiger partial charge in [-0.1, -0.05) is 92.6 Å². The molecule has 282 valence electrons. The number of ether oxygens (including phenoxy) is 2. The average Bonchev–Trinajstić information content (AvgIpc) is 3.15. The molecule has 3 aliphatic rings. The molecule has 0 N–H and O–H groups in total. The van der Waals surface area contributed by atoms with E-state index in [2.05, 4.69) is 40.4 Å². The highest BCUT2D eigenvalue weighted by atomic mass is 32.2. The van der Waals surface area contributed by atoms with Crippen molar-refractivity contribution in [3.63, 3.8) is 0 Å². The lowest BCUT2D eigenvalue weighted by atomic mass is 9.91. The van der Waals surface area contributed by atoms with Crippen molar-refractivity contribution in [1.82, 2.24) is 19.8 Å². The quantitative estimate of drug-likeness (QED) is 0.125. The molecule has 1 aromatic heterocycles. The molecule has 1 aromatic rings. The van der Waals surface area contributed by atoms with Crippen LogP contribution in [-0.4, -0.2) is 104 Å². The number of methoxy groups -OCH3 is 2. The molecule has 0 spiro atoms. The van der Waals surface area contributed by atoms with E-state index in [0.29, 0.717) is 0 Å². The maximum atomic E-state index is 5.68. The first-order valence-corrected chi connectivity index (χ1v) is 20.2. The van der Waals surface area contributed by atoms with Crippen molar-refractivity contribution >= 4 is 23.9 Å². The molecule has 3 unspecified atom stereocenters. The number of hydrogen-bond donors (Lipinski definition) is 0. The Morgan fingerprint density at radius 2 is 1.63 bits per heavy atom. The maximum absolute atomic E-state index is 5.68. The molecule has 8 nitrogen and oxygen atoms in total. The molecule has 2 fully saturated rings. The number of thioether (sulfide) groups is 1. The third-order valence-corrected chi connectivity index (χ3v) is 9.84. The first-order chi connectivity index (χ1) is 24.1. The molecule has 0 amide bonds. The van der Waals surface area contributed by atoms with Crippen LogP contribution < -0.4 is 4.90 Å². The van der Waals surface area contributed by atoms with Gasteiger partial charge < -0.3 is 19.3 Å². The van der Waals surface area contributed by atoms with Gasteiger partial charge in [-0.05, 0) is 57.0 Å². The Morgan fingerprint density at radius 3 is 2.12 bits per heavy atom. The Kier molecular flexibility index (Phi) is 28.2. The van der Waals surface area contributed by atoms with Gasteiger partial charge in [-0.15, -0.1) is 6.58 Å². The summed E-state index contributed by atoms with van der Waals surface area (Å²) in [5, 5.41) is 0.0217. The van der Waals surface area contributed by atoms with Crippen molar-refractivity contribution in [3.8, 4) is 0 Å². The molecule has 4 rings (SSSR count). The number of hydrogen-bond acceptors (Lipinski definition) is 9. The summed E-state index contributed by atoms with van der Waals surface area (Å²) < 4.78 is 11.3. The van der Waals surface area contributed by atoms with Crippen molar-refractivity contribution < 1.29 is 9.47 Å². The summed E-state index contributed by atoms with van der Waals surface area (Å²) in [5.74, 6) is 1.96. The minimum absolute atomic E-state index is 0.0217. The van der Waals surface area contributed by atoms with Crippen LogP contribution in [0.5, 0.6) is 0 Å². The van der Waals surface area contributed by atoms with Crippen LogP contribution in [0.2, 0.25) is 0 Å². The van der Waals surface area contributed by atoms with Gasteiger partial charge in [0.15, 0.2) is 0 Å². The summed E-state index contributed by atoms with van der Waals surface area (Å²) in [5.41, 5.74) is 1.19. The second-order valence-corrected chi connectivity index (χ2v) is 12.4. The van der Waals surface area contributed by atoms with E-state index in [0.717, 1.165) is 82.8 Å². The van der Waals surface area contributed by atoms with Crippen molar-refractivity contribution in [3.05, 3.63) is 53.4 Å². The van der Waals surface area contributed by atoms with Crippen molar-refractivity contribution in [2.24, 2.45) is 10.9 Å². The standard InChI is InChI=1S/C32H50N6O2S.4C2H6/c1-6-15-36(24-26(7-2)31(33-8-3)41-30-21-28(39-4)12-13-29(30)40-5)16-14-25-22-34-32(35-23-25)38-19-17-37(18-20-38)27-10-9-11-27;4*1-2/h7-8,12-13,22-23,26-28,31H,2,6,9-11,14-21,24H2,1,3-5H3;4*1-2H3/b33-8-;;;;. The number of anilines is 1. The lowest BCUT2D eigenvalue weighted by Crippen LogP contribution is -2.52. The topological polar surface area (TPSA) is 66.3 Å². The highest BCUT2D eigenvalue weighted by Crippen LogP contribution is 2.37. The van der Waals surface area contributed by atoms with Crippen LogP contribution >= 0.6 is 11.8 Å².